The van der Waals surface area contributed by atoms with Gasteiger partial charge in [0.25, 0.3) is 0 Å². The summed E-state index contributed by atoms with van der Waals surface area (Å²) >= 11 is 0. The molecule has 1 nitrogen and oxygen atoms in total. The molecule has 1 heteroatoms. The third-order valence-corrected chi connectivity index (χ3v) is 1.31. The molecule has 0 fully saturated rings. The molecule has 0 aliphatic carbocycles. The minimum absolute atomic E-state index is 0.765. The zero-order chi connectivity index (χ0) is 12.3. The maximum Gasteiger partial charge on any atom is 0.00374 e. The van der Waals surface area contributed by atoms with Crippen molar-refractivity contribution < 1.29 is 0 Å². The minimum atomic E-state index is 0.765. The lowest BCUT2D eigenvalue weighted by Gasteiger charge is -1.98. The van der Waals surface area contributed by atoms with Crippen LogP contribution in [0.4, 0.5) is 0 Å². The van der Waals surface area contributed by atoms with Crippen molar-refractivity contribution in [3.8, 4) is 0 Å². The van der Waals surface area contributed by atoms with E-state index in [1.807, 2.05) is 20.0 Å². The molecule has 0 bridgehead atoms. The average molecular weight is 211 g/mol. The van der Waals surface area contributed by atoms with Crippen LogP contribution < -0.4 is 0 Å². The molecule has 1 rings (SSSR count). The van der Waals surface area contributed by atoms with Gasteiger partial charge in [0.1, 0.15) is 0 Å². The smallest absolute Gasteiger partial charge is 0.00374 e. The Kier molecular flexibility index (Phi) is 12.6. The van der Waals surface area contributed by atoms with E-state index in [1.54, 1.807) is 0 Å². The van der Waals surface area contributed by atoms with Crippen LogP contribution in [0.15, 0.2) is 18.5 Å². The highest BCUT2D eigenvalue weighted by atomic mass is 14.6. The molecule has 0 spiro atoms. The first-order chi connectivity index (χ1) is 7.02. The topological polar surface area (TPSA) is 15.8 Å². The number of hydrogen-bond acceptors (Lipinski definition) is 0. The molecular formula is C14H29N. The van der Waals surface area contributed by atoms with Gasteiger partial charge in [-0.2, -0.15) is 0 Å². The summed E-state index contributed by atoms with van der Waals surface area (Å²) in [4.78, 5) is 3.04. The molecular weight excluding hydrogens is 182 g/mol. The summed E-state index contributed by atoms with van der Waals surface area (Å²) in [5, 5.41) is 0. The Bertz CT molecular complexity index is 182. The van der Waals surface area contributed by atoms with Gasteiger partial charge in [-0.25, -0.2) is 0 Å². The fraction of sp³-hybridized carbons (Fsp3) is 0.714. The zero-order valence-electron chi connectivity index (χ0n) is 11.6. The van der Waals surface area contributed by atoms with Crippen molar-refractivity contribution in [3.63, 3.8) is 0 Å². The number of hydrogen-bond donors (Lipinski definition) is 1. The average Bonchev–Trinajstić information content (AvgIpc) is 2.58. The van der Waals surface area contributed by atoms with Crippen LogP contribution in [0.5, 0.6) is 0 Å². The molecule has 0 radical (unpaired) electrons. The minimum Gasteiger partial charge on any atom is -0.367 e. The molecule has 0 atom stereocenters. The lowest BCUT2D eigenvalue weighted by Crippen LogP contribution is -1.90. The fourth-order valence-corrected chi connectivity index (χ4v) is 0.957. The lowest BCUT2D eigenvalue weighted by atomic mass is 10.1. The van der Waals surface area contributed by atoms with Crippen LogP contribution in [0.25, 0.3) is 0 Å². The highest BCUT2D eigenvalue weighted by molar-refractivity contribution is 5.08. The van der Waals surface area contributed by atoms with Crippen LogP contribution in [-0.2, 0) is 6.42 Å². The predicted molar refractivity (Wildman–Crippen MR) is 71.2 cm³/mol. The summed E-state index contributed by atoms with van der Waals surface area (Å²) in [6.07, 6.45) is 5.21. The Hall–Kier alpha value is -0.720. The van der Waals surface area contributed by atoms with Crippen LogP contribution in [0.3, 0.4) is 0 Å². The summed E-state index contributed by atoms with van der Waals surface area (Å²) in [6.45, 7) is 15.0. The van der Waals surface area contributed by atoms with Gasteiger partial charge in [-0.05, 0) is 29.9 Å². The third kappa shape index (κ3) is 16.0. The van der Waals surface area contributed by atoms with Crippen molar-refractivity contribution in [2.45, 2.75) is 54.9 Å². The van der Waals surface area contributed by atoms with Crippen molar-refractivity contribution in [2.24, 2.45) is 11.8 Å². The van der Waals surface area contributed by atoms with E-state index in [4.69, 9.17) is 0 Å². The summed E-state index contributed by atoms with van der Waals surface area (Å²) in [7, 11) is 0. The van der Waals surface area contributed by atoms with Gasteiger partial charge in [-0.1, -0.05) is 48.5 Å². The number of nitrogens with one attached hydrogen (secondary N) is 1. The Balaban J connectivity index is 0. The maximum absolute atomic E-state index is 3.04. The Morgan fingerprint density at radius 1 is 1.07 bits per heavy atom. The molecule has 0 aliphatic rings. The van der Waals surface area contributed by atoms with Gasteiger partial charge in [0.05, 0.1) is 0 Å². The van der Waals surface area contributed by atoms with Crippen molar-refractivity contribution >= 4 is 0 Å². The summed E-state index contributed by atoms with van der Waals surface area (Å²) < 4.78 is 0. The van der Waals surface area contributed by atoms with Gasteiger partial charge in [0, 0.05) is 12.4 Å². The Morgan fingerprint density at radius 2 is 1.53 bits per heavy atom. The molecule has 0 saturated heterocycles. The van der Waals surface area contributed by atoms with Crippen molar-refractivity contribution in [1.82, 2.24) is 4.98 Å². The van der Waals surface area contributed by atoms with Crippen LogP contribution in [-0.4, -0.2) is 4.98 Å². The van der Waals surface area contributed by atoms with Crippen LogP contribution in [0, 0.1) is 11.8 Å². The number of H-pyrrole nitrogens is 1. The lowest BCUT2D eigenvalue weighted by molar-refractivity contribution is 0.648. The van der Waals surface area contributed by atoms with E-state index in [9.17, 15) is 0 Å². The van der Waals surface area contributed by atoms with E-state index in [-0.39, 0.29) is 0 Å². The molecule has 15 heavy (non-hydrogen) atoms. The normalized spacial score (nSPS) is 9.13. The second-order valence-electron chi connectivity index (χ2n) is 4.55. The van der Waals surface area contributed by atoms with E-state index in [1.165, 1.54) is 12.0 Å². The fourth-order valence-electron chi connectivity index (χ4n) is 0.957. The van der Waals surface area contributed by atoms with E-state index in [2.05, 4.69) is 51.9 Å². The highest BCUT2D eigenvalue weighted by Gasteiger charge is 1.95. The van der Waals surface area contributed by atoms with Gasteiger partial charge >= 0.3 is 0 Å². The first-order valence-electron chi connectivity index (χ1n) is 6.14. The van der Waals surface area contributed by atoms with Gasteiger partial charge in [-0.15, -0.1) is 0 Å². The SMILES string of the molecule is CC.CC(C)C.CC(C)Cc1cc[nH]c1. The van der Waals surface area contributed by atoms with Gasteiger partial charge in [0.15, 0.2) is 0 Å². The zero-order valence-corrected chi connectivity index (χ0v) is 11.6. The standard InChI is InChI=1S/C8H13N.C4H10.C2H6/c1-7(2)5-8-3-4-9-6-8;1-4(2)3;1-2/h3-4,6-7,9H,5H2,1-2H3;4H,1-3H3;1-2H3. The van der Waals surface area contributed by atoms with Crippen LogP contribution in [0.2, 0.25) is 0 Å². The first kappa shape index (κ1) is 16.7. The van der Waals surface area contributed by atoms with Crippen molar-refractivity contribution in [2.75, 3.05) is 0 Å². The maximum atomic E-state index is 3.04. The molecule has 1 N–H and O–H groups in total. The molecule has 0 saturated carbocycles. The summed E-state index contributed by atoms with van der Waals surface area (Å²) in [5.41, 5.74) is 1.41. The van der Waals surface area contributed by atoms with Crippen molar-refractivity contribution in [1.29, 1.82) is 0 Å². The first-order valence-corrected chi connectivity index (χ1v) is 6.14. The summed E-state index contributed by atoms with van der Waals surface area (Å²) in [6, 6.07) is 2.12. The van der Waals surface area contributed by atoms with Crippen LogP contribution in [0.1, 0.15) is 54.0 Å². The number of rotatable bonds is 2. The Morgan fingerprint density at radius 3 is 1.80 bits per heavy atom. The van der Waals surface area contributed by atoms with E-state index in [0.29, 0.717) is 0 Å². The molecule has 0 unspecified atom stereocenters. The van der Waals surface area contributed by atoms with Crippen molar-refractivity contribution in [3.05, 3.63) is 24.0 Å². The second kappa shape index (κ2) is 11.4. The van der Waals surface area contributed by atoms with Gasteiger partial charge in [0.2, 0.25) is 0 Å². The third-order valence-electron chi connectivity index (χ3n) is 1.31. The number of aromatic nitrogens is 1. The van der Waals surface area contributed by atoms with Crippen LogP contribution >= 0.6 is 0 Å². The molecule has 0 amide bonds. The van der Waals surface area contributed by atoms with E-state index in [0.717, 1.165) is 11.8 Å². The largest absolute Gasteiger partial charge is 0.367 e. The monoisotopic (exact) mass is 211 g/mol. The predicted octanol–water partition coefficient (Wildman–Crippen LogP) is 4.90. The number of aromatic amines is 1. The van der Waals surface area contributed by atoms with E-state index < -0.39 is 0 Å². The van der Waals surface area contributed by atoms with Gasteiger partial charge in [-0.3, -0.25) is 0 Å². The quantitative estimate of drug-likeness (QED) is 0.716. The molecule has 1 aromatic heterocycles. The highest BCUT2D eigenvalue weighted by Crippen LogP contribution is 2.05. The molecule has 1 aromatic rings. The molecule has 1 heterocycles. The molecule has 0 aromatic carbocycles. The Labute approximate surface area is 96.3 Å². The molecule has 90 valence electrons. The molecule has 0 aliphatic heterocycles. The second-order valence-corrected chi connectivity index (χ2v) is 4.55. The van der Waals surface area contributed by atoms with E-state index >= 15 is 0 Å². The summed E-state index contributed by atoms with van der Waals surface area (Å²) in [5.74, 6) is 1.60. The van der Waals surface area contributed by atoms with Gasteiger partial charge < -0.3 is 4.98 Å².